The van der Waals surface area contributed by atoms with Crippen LogP contribution in [0.15, 0.2) is 16.9 Å². The maximum atomic E-state index is 13.0. The molecule has 0 bridgehead atoms. The van der Waals surface area contributed by atoms with Crippen molar-refractivity contribution in [3.05, 3.63) is 33.7 Å². The average molecular weight is 375 g/mol. The molecule has 2 saturated heterocycles. The van der Waals surface area contributed by atoms with Crippen LogP contribution in [-0.4, -0.2) is 66.1 Å². The first-order valence-electron chi connectivity index (χ1n) is 9.59. The van der Waals surface area contributed by atoms with Crippen molar-refractivity contribution in [1.29, 1.82) is 0 Å². The standard InChI is InChI=1S/C20H29N3O4/c1-15-5-6-16(18(25)21(15)2)19(26)23-10-4-8-20(14-23)9-7-17(24)22(13-20)11-12-27-3/h5-6H,4,7-14H2,1-3H3/t20-/m1/s1. The van der Waals surface area contributed by atoms with Gasteiger partial charge in [0.1, 0.15) is 5.56 Å². The van der Waals surface area contributed by atoms with Crippen molar-refractivity contribution in [3.63, 3.8) is 0 Å². The summed E-state index contributed by atoms with van der Waals surface area (Å²) < 4.78 is 6.64. The van der Waals surface area contributed by atoms with Crippen LogP contribution in [0.4, 0.5) is 0 Å². The van der Waals surface area contributed by atoms with Gasteiger partial charge < -0.3 is 19.1 Å². The molecule has 2 aliphatic heterocycles. The van der Waals surface area contributed by atoms with Crippen LogP contribution in [0.5, 0.6) is 0 Å². The number of ether oxygens (including phenoxy) is 1. The zero-order valence-electron chi connectivity index (χ0n) is 16.5. The fourth-order valence-corrected chi connectivity index (χ4v) is 4.28. The van der Waals surface area contributed by atoms with E-state index in [1.165, 1.54) is 4.57 Å². The molecule has 0 radical (unpaired) electrons. The van der Waals surface area contributed by atoms with E-state index < -0.39 is 0 Å². The van der Waals surface area contributed by atoms with Gasteiger partial charge in [-0.05, 0) is 38.3 Å². The number of pyridine rings is 1. The van der Waals surface area contributed by atoms with E-state index in [9.17, 15) is 14.4 Å². The highest BCUT2D eigenvalue weighted by atomic mass is 16.5. The lowest BCUT2D eigenvalue weighted by Crippen LogP contribution is -2.55. The first kappa shape index (κ1) is 19.6. The van der Waals surface area contributed by atoms with E-state index in [4.69, 9.17) is 4.74 Å². The molecule has 3 heterocycles. The Morgan fingerprint density at radius 2 is 2.00 bits per heavy atom. The molecule has 0 aliphatic carbocycles. The van der Waals surface area contributed by atoms with E-state index >= 15 is 0 Å². The lowest BCUT2D eigenvalue weighted by Gasteiger charge is -2.48. The van der Waals surface area contributed by atoms with Gasteiger partial charge in [-0.25, -0.2) is 0 Å². The zero-order valence-corrected chi connectivity index (χ0v) is 16.5. The second-order valence-corrected chi connectivity index (χ2v) is 7.89. The highest BCUT2D eigenvalue weighted by molar-refractivity contribution is 5.94. The van der Waals surface area contributed by atoms with Crippen LogP contribution in [0.1, 0.15) is 41.7 Å². The lowest BCUT2D eigenvalue weighted by molar-refractivity contribution is -0.139. The summed E-state index contributed by atoms with van der Waals surface area (Å²) in [5.41, 5.74) is 0.723. The van der Waals surface area contributed by atoms with Gasteiger partial charge in [0.25, 0.3) is 11.5 Å². The Kier molecular flexibility index (Phi) is 5.69. The first-order chi connectivity index (χ1) is 12.9. The molecule has 27 heavy (non-hydrogen) atoms. The van der Waals surface area contributed by atoms with Crippen LogP contribution in [0.3, 0.4) is 0 Å². The number of aromatic nitrogens is 1. The van der Waals surface area contributed by atoms with Crippen molar-refractivity contribution < 1.29 is 14.3 Å². The SMILES string of the molecule is COCCN1C[C@@]2(CCCN(C(=O)c3ccc(C)n(C)c3=O)C2)CCC1=O. The molecule has 0 N–H and O–H groups in total. The van der Waals surface area contributed by atoms with E-state index in [-0.39, 0.29) is 28.4 Å². The Morgan fingerprint density at radius 1 is 1.22 bits per heavy atom. The number of likely N-dealkylation sites (tertiary alicyclic amines) is 2. The Bertz CT molecular complexity index is 788. The van der Waals surface area contributed by atoms with E-state index in [0.29, 0.717) is 39.2 Å². The summed E-state index contributed by atoms with van der Waals surface area (Å²) in [4.78, 5) is 41.4. The molecule has 1 aromatic rings. The maximum absolute atomic E-state index is 13.0. The molecule has 7 heteroatoms. The molecule has 3 rings (SSSR count). The molecule has 148 valence electrons. The Labute approximate surface area is 159 Å². The molecule has 0 unspecified atom stereocenters. The molecule has 1 aromatic heterocycles. The first-order valence-corrected chi connectivity index (χ1v) is 9.59. The molecule has 0 saturated carbocycles. The molecular formula is C20H29N3O4. The highest BCUT2D eigenvalue weighted by Crippen LogP contribution is 2.39. The van der Waals surface area contributed by atoms with Crippen LogP contribution >= 0.6 is 0 Å². The Hall–Kier alpha value is -2.15. The minimum absolute atomic E-state index is 0.0779. The van der Waals surface area contributed by atoms with Gasteiger partial charge in [-0.15, -0.1) is 0 Å². The second kappa shape index (κ2) is 7.84. The van der Waals surface area contributed by atoms with Crippen LogP contribution < -0.4 is 5.56 Å². The predicted molar refractivity (Wildman–Crippen MR) is 102 cm³/mol. The van der Waals surface area contributed by atoms with Gasteiger partial charge >= 0.3 is 0 Å². The van der Waals surface area contributed by atoms with Crippen LogP contribution in [0.25, 0.3) is 0 Å². The number of hydrogen-bond acceptors (Lipinski definition) is 4. The van der Waals surface area contributed by atoms with Crippen molar-refractivity contribution in [3.8, 4) is 0 Å². The Balaban J connectivity index is 1.77. The fourth-order valence-electron chi connectivity index (χ4n) is 4.28. The van der Waals surface area contributed by atoms with Crippen molar-refractivity contribution in [2.24, 2.45) is 12.5 Å². The smallest absolute Gasteiger partial charge is 0.263 e. The average Bonchev–Trinajstić information content (AvgIpc) is 2.67. The van der Waals surface area contributed by atoms with E-state index in [1.807, 2.05) is 11.8 Å². The topological polar surface area (TPSA) is 71.8 Å². The number of carbonyl (C=O) groups excluding carboxylic acids is 2. The van der Waals surface area contributed by atoms with Gasteiger partial charge in [0.05, 0.1) is 6.61 Å². The molecular weight excluding hydrogens is 346 g/mol. The minimum atomic E-state index is -0.250. The van der Waals surface area contributed by atoms with Crippen molar-refractivity contribution in [2.45, 2.75) is 32.6 Å². The van der Waals surface area contributed by atoms with Gasteiger partial charge in [-0.3, -0.25) is 14.4 Å². The number of nitrogens with zero attached hydrogens (tertiary/aromatic N) is 3. The molecule has 1 atom stereocenters. The lowest BCUT2D eigenvalue weighted by atomic mass is 9.73. The maximum Gasteiger partial charge on any atom is 0.263 e. The van der Waals surface area contributed by atoms with Crippen LogP contribution in [0.2, 0.25) is 0 Å². The summed E-state index contributed by atoms with van der Waals surface area (Å²) in [5, 5.41) is 0. The van der Waals surface area contributed by atoms with E-state index in [1.54, 1.807) is 31.2 Å². The zero-order chi connectivity index (χ0) is 19.6. The summed E-state index contributed by atoms with van der Waals surface area (Å²) in [5.74, 6) is -0.0384. The fraction of sp³-hybridized carbons (Fsp3) is 0.650. The van der Waals surface area contributed by atoms with Gasteiger partial charge in [-0.2, -0.15) is 0 Å². The second-order valence-electron chi connectivity index (χ2n) is 7.89. The number of amides is 2. The van der Waals surface area contributed by atoms with Crippen molar-refractivity contribution in [2.75, 3.05) is 39.9 Å². The predicted octanol–water partition coefficient (Wildman–Crippen LogP) is 1.18. The molecule has 2 amide bonds. The molecule has 2 fully saturated rings. The summed E-state index contributed by atoms with van der Waals surface area (Å²) in [6, 6.07) is 3.44. The van der Waals surface area contributed by atoms with Gasteiger partial charge in [0.2, 0.25) is 5.91 Å². The number of aryl methyl sites for hydroxylation is 1. The van der Waals surface area contributed by atoms with Crippen LogP contribution in [0, 0.1) is 12.3 Å². The van der Waals surface area contributed by atoms with Gasteiger partial charge in [0, 0.05) is 57.9 Å². The normalized spacial score (nSPS) is 23.1. The number of carbonyl (C=O) groups is 2. The molecule has 2 aliphatic rings. The molecule has 0 aromatic carbocycles. The van der Waals surface area contributed by atoms with Crippen molar-refractivity contribution in [1.82, 2.24) is 14.4 Å². The molecule has 1 spiro atoms. The third kappa shape index (κ3) is 3.93. The number of methoxy groups -OCH3 is 1. The highest BCUT2D eigenvalue weighted by Gasteiger charge is 2.43. The monoisotopic (exact) mass is 375 g/mol. The number of hydrogen-bond donors (Lipinski definition) is 0. The van der Waals surface area contributed by atoms with Gasteiger partial charge in [0.15, 0.2) is 0 Å². The third-order valence-corrected chi connectivity index (χ3v) is 6.05. The summed E-state index contributed by atoms with van der Waals surface area (Å²) in [7, 11) is 3.32. The van der Waals surface area contributed by atoms with Crippen LogP contribution in [-0.2, 0) is 16.6 Å². The number of rotatable bonds is 4. The number of piperidine rings is 2. The van der Waals surface area contributed by atoms with Crippen molar-refractivity contribution >= 4 is 11.8 Å². The van der Waals surface area contributed by atoms with Gasteiger partial charge in [-0.1, -0.05) is 0 Å². The quantitative estimate of drug-likeness (QED) is 0.792. The Morgan fingerprint density at radius 3 is 2.74 bits per heavy atom. The largest absolute Gasteiger partial charge is 0.383 e. The third-order valence-electron chi connectivity index (χ3n) is 6.05. The summed E-state index contributed by atoms with van der Waals surface area (Å²) >= 11 is 0. The van der Waals surface area contributed by atoms with E-state index in [0.717, 1.165) is 25.0 Å². The van der Waals surface area contributed by atoms with E-state index in [2.05, 4.69) is 0 Å². The molecule has 7 nitrogen and oxygen atoms in total. The summed E-state index contributed by atoms with van der Waals surface area (Å²) in [6.45, 7) is 4.86. The summed E-state index contributed by atoms with van der Waals surface area (Å²) in [6.07, 6.45) is 3.20. The minimum Gasteiger partial charge on any atom is -0.383 e.